The molecule has 0 aliphatic carbocycles. The number of nitrogens with zero attached hydrogens (tertiary/aromatic N) is 2. The molecular formula is C24H20Cl2N2O2S. The second kappa shape index (κ2) is 9.79. The molecule has 1 heterocycles. The first-order valence-corrected chi connectivity index (χ1v) is 11.3. The number of methoxy groups -OCH3 is 1. The minimum Gasteiger partial charge on any atom is -0.383 e. The van der Waals surface area contributed by atoms with Crippen LogP contribution >= 0.6 is 34.5 Å². The van der Waals surface area contributed by atoms with E-state index in [0.717, 1.165) is 21.3 Å². The van der Waals surface area contributed by atoms with Crippen LogP contribution < -0.4 is 4.80 Å². The van der Waals surface area contributed by atoms with E-state index in [9.17, 15) is 4.79 Å². The van der Waals surface area contributed by atoms with E-state index in [0.29, 0.717) is 28.0 Å². The monoisotopic (exact) mass is 470 g/mol. The van der Waals surface area contributed by atoms with Crippen molar-refractivity contribution in [3.8, 4) is 0 Å². The predicted octanol–water partition coefficient (Wildman–Crippen LogP) is 5.92. The smallest absolute Gasteiger partial charge is 0.260 e. The molecule has 0 saturated heterocycles. The zero-order chi connectivity index (χ0) is 21.8. The summed E-state index contributed by atoms with van der Waals surface area (Å²) in [6.45, 7) is 0.959. The third-order valence-corrected chi connectivity index (χ3v) is 6.81. The molecule has 1 aromatic heterocycles. The van der Waals surface area contributed by atoms with Gasteiger partial charge in [-0.15, -0.1) is 0 Å². The van der Waals surface area contributed by atoms with E-state index in [4.69, 9.17) is 27.9 Å². The van der Waals surface area contributed by atoms with Crippen molar-refractivity contribution in [1.29, 1.82) is 0 Å². The summed E-state index contributed by atoms with van der Waals surface area (Å²) in [4.78, 5) is 18.6. The Morgan fingerprint density at radius 1 is 1.00 bits per heavy atom. The van der Waals surface area contributed by atoms with E-state index in [-0.39, 0.29) is 5.91 Å². The normalized spacial score (nSPS) is 12.1. The maximum absolute atomic E-state index is 13.5. The molecule has 4 rings (SSSR count). The van der Waals surface area contributed by atoms with Gasteiger partial charge in [-0.25, -0.2) is 0 Å². The summed E-state index contributed by atoms with van der Waals surface area (Å²) in [5.41, 5.74) is 2.56. The fourth-order valence-electron chi connectivity index (χ4n) is 3.51. The molecular weight excluding hydrogens is 451 g/mol. The van der Waals surface area contributed by atoms with E-state index in [1.54, 1.807) is 13.2 Å². The van der Waals surface area contributed by atoms with Crippen LogP contribution in [0.2, 0.25) is 10.0 Å². The van der Waals surface area contributed by atoms with Crippen LogP contribution in [0.25, 0.3) is 10.2 Å². The number of fused-ring (bicyclic) bond motifs is 1. The van der Waals surface area contributed by atoms with Crippen LogP contribution in [-0.4, -0.2) is 24.2 Å². The molecule has 1 amide bonds. The summed E-state index contributed by atoms with van der Waals surface area (Å²) in [7, 11) is 1.63. The fourth-order valence-corrected chi connectivity index (χ4v) is 5.05. The minimum absolute atomic E-state index is 0.239. The van der Waals surface area contributed by atoms with Gasteiger partial charge < -0.3 is 9.30 Å². The Labute approximate surface area is 194 Å². The number of benzene rings is 3. The number of hydrogen-bond donors (Lipinski definition) is 0. The van der Waals surface area contributed by atoms with Gasteiger partial charge in [0, 0.05) is 13.7 Å². The number of rotatable bonds is 6. The Morgan fingerprint density at radius 3 is 2.19 bits per heavy atom. The third kappa shape index (κ3) is 4.60. The highest BCUT2D eigenvalue weighted by Gasteiger charge is 2.23. The van der Waals surface area contributed by atoms with Gasteiger partial charge in [0.15, 0.2) is 4.80 Å². The molecule has 3 aromatic carbocycles. The summed E-state index contributed by atoms with van der Waals surface area (Å²) >= 11 is 14.2. The van der Waals surface area contributed by atoms with Crippen LogP contribution in [0, 0.1) is 0 Å². The standard InChI is InChI=1S/C24H20Cl2N2O2S/c1-30-15-14-28-22-19(13-12-18(25)21(22)26)31-24(28)27-23(29)20(16-8-4-2-5-9-16)17-10-6-3-7-11-17/h2-13,20H,14-15H2,1H3. The third-order valence-electron chi connectivity index (χ3n) is 4.97. The van der Waals surface area contributed by atoms with Crippen molar-refractivity contribution in [1.82, 2.24) is 4.57 Å². The lowest BCUT2D eigenvalue weighted by molar-refractivity contribution is -0.118. The van der Waals surface area contributed by atoms with E-state index >= 15 is 0 Å². The van der Waals surface area contributed by atoms with Gasteiger partial charge in [-0.1, -0.05) is 95.2 Å². The van der Waals surface area contributed by atoms with Gasteiger partial charge in [0.1, 0.15) is 0 Å². The van der Waals surface area contributed by atoms with Crippen molar-refractivity contribution in [3.05, 3.63) is 98.8 Å². The largest absolute Gasteiger partial charge is 0.383 e. The van der Waals surface area contributed by atoms with Crippen molar-refractivity contribution in [3.63, 3.8) is 0 Å². The lowest BCUT2D eigenvalue weighted by Gasteiger charge is -2.14. The minimum atomic E-state index is -0.498. The van der Waals surface area contributed by atoms with Crippen molar-refractivity contribution in [2.45, 2.75) is 12.5 Å². The second-order valence-corrected chi connectivity index (χ2v) is 8.74. The summed E-state index contributed by atoms with van der Waals surface area (Å²) in [6, 6.07) is 23.0. The molecule has 31 heavy (non-hydrogen) atoms. The van der Waals surface area contributed by atoms with Crippen LogP contribution in [0.1, 0.15) is 17.0 Å². The van der Waals surface area contributed by atoms with Gasteiger partial charge in [0.05, 0.1) is 32.8 Å². The first-order valence-electron chi connectivity index (χ1n) is 9.75. The van der Waals surface area contributed by atoms with E-state index < -0.39 is 5.92 Å². The number of halogens is 2. The molecule has 0 radical (unpaired) electrons. The highest BCUT2D eigenvalue weighted by molar-refractivity contribution is 7.16. The summed E-state index contributed by atoms with van der Waals surface area (Å²) < 4.78 is 8.08. The molecule has 7 heteroatoms. The first-order chi connectivity index (χ1) is 15.1. The lowest BCUT2D eigenvalue weighted by Crippen LogP contribution is -2.22. The summed E-state index contributed by atoms with van der Waals surface area (Å²) in [5.74, 6) is -0.736. The van der Waals surface area contributed by atoms with Crippen LogP contribution in [0.15, 0.2) is 77.8 Å². The molecule has 0 fully saturated rings. The zero-order valence-corrected chi connectivity index (χ0v) is 19.1. The average molecular weight is 471 g/mol. The van der Waals surface area contributed by atoms with Crippen LogP contribution in [0.5, 0.6) is 0 Å². The number of thiazole rings is 1. The van der Waals surface area contributed by atoms with Crippen molar-refractivity contribution < 1.29 is 9.53 Å². The predicted molar refractivity (Wildman–Crippen MR) is 127 cm³/mol. The topological polar surface area (TPSA) is 43.6 Å². The van der Waals surface area contributed by atoms with Crippen LogP contribution in [0.4, 0.5) is 0 Å². The highest BCUT2D eigenvalue weighted by Crippen LogP contribution is 2.32. The molecule has 0 aliphatic heterocycles. The van der Waals surface area contributed by atoms with E-state index in [1.165, 1.54) is 11.3 Å². The van der Waals surface area contributed by atoms with E-state index in [2.05, 4.69) is 4.99 Å². The van der Waals surface area contributed by atoms with Gasteiger partial charge in [-0.3, -0.25) is 4.79 Å². The number of amides is 1. The molecule has 158 valence electrons. The Kier molecular flexibility index (Phi) is 6.88. The number of ether oxygens (including phenoxy) is 1. The lowest BCUT2D eigenvalue weighted by atomic mass is 9.91. The highest BCUT2D eigenvalue weighted by atomic mass is 35.5. The Bertz CT molecular complexity index is 1230. The SMILES string of the molecule is COCCn1c(=NC(=O)C(c2ccccc2)c2ccccc2)sc2ccc(Cl)c(Cl)c21. The molecule has 0 atom stereocenters. The molecule has 4 aromatic rings. The number of hydrogen-bond acceptors (Lipinski definition) is 3. The molecule has 0 unspecified atom stereocenters. The zero-order valence-electron chi connectivity index (χ0n) is 16.8. The second-order valence-electron chi connectivity index (χ2n) is 6.94. The maximum atomic E-state index is 13.5. The molecule has 0 spiro atoms. The maximum Gasteiger partial charge on any atom is 0.260 e. The number of carbonyl (C=O) groups excluding carboxylic acids is 1. The Hall–Kier alpha value is -2.44. The first kappa shape index (κ1) is 21.8. The van der Waals surface area contributed by atoms with Gasteiger partial charge in [-0.2, -0.15) is 4.99 Å². The molecule has 4 nitrogen and oxygen atoms in total. The summed E-state index contributed by atoms with van der Waals surface area (Å²) in [5, 5.41) is 0.908. The number of aromatic nitrogens is 1. The summed E-state index contributed by atoms with van der Waals surface area (Å²) in [6.07, 6.45) is 0. The van der Waals surface area contributed by atoms with Crippen molar-refractivity contribution >= 4 is 50.7 Å². The molecule has 0 N–H and O–H groups in total. The number of carbonyl (C=O) groups is 1. The van der Waals surface area contributed by atoms with Gasteiger partial charge in [0.2, 0.25) is 0 Å². The Morgan fingerprint density at radius 2 is 1.61 bits per heavy atom. The quantitative estimate of drug-likeness (QED) is 0.351. The van der Waals surface area contributed by atoms with Gasteiger partial charge in [0.25, 0.3) is 5.91 Å². The van der Waals surface area contributed by atoms with Gasteiger partial charge in [-0.05, 0) is 23.3 Å². The molecule has 0 bridgehead atoms. The van der Waals surface area contributed by atoms with Crippen molar-refractivity contribution in [2.24, 2.45) is 4.99 Å². The fraction of sp³-hybridized carbons (Fsp3) is 0.167. The molecule has 0 saturated carbocycles. The average Bonchev–Trinajstić information content (AvgIpc) is 3.14. The Balaban J connectivity index is 1.88. The van der Waals surface area contributed by atoms with Crippen molar-refractivity contribution in [2.75, 3.05) is 13.7 Å². The molecule has 0 aliphatic rings. The van der Waals surface area contributed by atoms with Crippen LogP contribution in [0.3, 0.4) is 0 Å². The van der Waals surface area contributed by atoms with E-state index in [1.807, 2.05) is 71.3 Å². The van der Waals surface area contributed by atoms with Gasteiger partial charge >= 0.3 is 0 Å². The van der Waals surface area contributed by atoms with Crippen LogP contribution in [-0.2, 0) is 16.1 Å².